The third-order valence-electron chi connectivity index (χ3n) is 3.43. The Morgan fingerprint density at radius 2 is 1.95 bits per heavy atom. The smallest absolute Gasteiger partial charge is 0.123 e. The van der Waals surface area contributed by atoms with Gasteiger partial charge in [0.05, 0.1) is 7.11 Å². The molecule has 0 aliphatic rings. The van der Waals surface area contributed by atoms with Gasteiger partial charge in [-0.3, -0.25) is 0 Å². The Balaban J connectivity index is 2.17. The summed E-state index contributed by atoms with van der Waals surface area (Å²) in [5, 5.41) is 0. The van der Waals surface area contributed by atoms with Crippen molar-refractivity contribution < 1.29 is 4.74 Å². The average Bonchev–Trinajstić information content (AvgIpc) is 2.47. The Kier molecular flexibility index (Phi) is 4.64. The summed E-state index contributed by atoms with van der Waals surface area (Å²) in [5.74, 6) is 0.864. The van der Waals surface area contributed by atoms with Crippen LogP contribution in [0, 0.1) is 6.92 Å². The fourth-order valence-electron chi connectivity index (χ4n) is 2.29. The Morgan fingerprint density at radius 1 is 1.15 bits per heavy atom. The van der Waals surface area contributed by atoms with Crippen molar-refractivity contribution in [3.8, 4) is 5.75 Å². The molecule has 0 unspecified atom stereocenters. The third kappa shape index (κ3) is 3.31. The van der Waals surface area contributed by atoms with Crippen LogP contribution in [-0.4, -0.2) is 14.2 Å². The lowest BCUT2D eigenvalue weighted by Crippen LogP contribution is -2.16. The van der Waals surface area contributed by atoms with E-state index in [9.17, 15) is 0 Å². The first-order chi connectivity index (χ1) is 9.63. The van der Waals surface area contributed by atoms with Crippen LogP contribution >= 0.6 is 0 Å². The summed E-state index contributed by atoms with van der Waals surface area (Å²) >= 11 is 0. The zero-order valence-corrected chi connectivity index (χ0v) is 12.4. The zero-order valence-electron chi connectivity index (χ0n) is 12.4. The molecular weight excluding hydrogens is 248 g/mol. The maximum atomic E-state index is 5.69. The number of ether oxygens (including phenoxy) is 1. The van der Waals surface area contributed by atoms with Gasteiger partial charge in [0, 0.05) is 31.4 Å². The van der Waals surface area contributed by atoms with E-state index < -0.39 is 0 Å². The number of methoxy groups -OCH3 is 1. The highest BCUT2D eigenvalue weighted by molar-refractivity contribution is 5.49. The number of benzene rings is 2. The zero-order chi connectivity index (χ0) is 14.5. The number of hydrogen-bond acceptors (Lipinski definition) is 3. The van der Waals surface area contributed by atoms with Gasteiger partial charge in [-0.05, 0) is 36.2 Å². The number of rotatable bonds is 5. The van der Waals surface area contributed by atoms with Crippen LogP contribution in [0.3, 0.4) is 0 Å². The Labute approximate surface area is 121 Å². The normalized spacial score (nSPS) is 10.4. The molecule has 0 aromatic heterocycles. The molecule has 2 aromatic rings. The van der Waals surface area contributed by atoms with Crippen LogP contribution in [0.4, 0.5) is 5.69 Å². The summed E-state index contributed by atoms with van der Waals surface area (Å²) in [6, 6.07) is 14.7. The minimum Gasteiger partial charge on any atom is -0.496 e. The van der Waals surface area contributed by atoms with E-state index in [0.29, 0.717) is 6.54 Å². The fourth-order valence-corrected chi connectivity index (χ4v) is 2.29. The highest BCUT2D eigenvalue weighted by atomic mass is 16.5. The quantitative estimate of drug-likeness (QED) is 0.907. The minimum atomic E-state index is 0.497. The molecule has 0 saturated carbocycles. The van der Waals surface area contributed by atoms with Crippen molar-refractivity contribution in [1.29, 1.82) is 0 Å². The van der Waals surface area contributed by atoms with Gasteiger partial charge in [0.15, 0.2) is 0 Å². The first-order valence-corrected chi connectivity index (χ1v) is 6.77. The Bertz CT molecular complexity index is 581. The van der Waals surface area contributed by atoms with Gasteiger partial charge in [0.2, 0.25) is 0 Å². The van der Waals surface area contributed by atoms with E-state index in [1.165, 1.54) is 16.8 Å². The lowest BCUT2D eigenvalue weighted by atomic mass is 10.1. The maximum Gasteiger partial charge on any atom is 0.123 e. The monoisotopic (exact) mass is 270 g/mol. The highest BCUT2D eigenvalue weighted by Gasteiger charge is 2.06. The van der Waals surface area contributed by atoms with Crippen LogP contribution in [0.15, 0.2) is 42.5 Å². The molecule has 0 aliphatic heterocycles. The Morgan fingerprint density at radius 3 is 2.60 bits per heavy atom. The van der Waals surface area contributed by atoms with E-state index in [1.54, 1.807) is 7.11 Å². The molecule has 0 atom stereocenters. The van der Waals surface area contributed by atoms with E-state index in [1.807, 2.05) is 6.07 Å². The molecule has 0 amide bonds. The van der Waals surface area contributed by atoms with Crippen molar-refractivity contribution in [2.24, 2.45) is 5.73 Å². The van der Waals surface area contributed by atoms with Crippen molar-refractivity contribution >= 4 is 5.69 Å². The summed E-state index contributed by atoms with van der Waals surface area (Å²) in [6.07, 6.45) is 0. The Hall–Kier alpha value is -2.00. The standard InChI is InChI=1S/C17H22N2O/c1-13-5-4-6-16(9-13)19(2)12-14-7-8-15(11-18)17(10-14)20-3/h4-10H,11-12,18H2,1-3H3. The number of aryl methyl sites for hydroxylation is 1. The van der Waals surface area contributed by atoms with Gasteiger partial charge in [0.25, 0.3) is 0 Å². The summed E-state index contributed by atoms with van der Waals surface area (Å²) in [7, 11) is 3.78. The van der Waals surface area contributed by atoms with E-state index >= 15 is 0 Å². The van der Waals surface area contributed by atoms with Crippen molar-refractivity contribution in [2.45, 2.75) is 20.0 Å². The molecule has 3 heteroatoms. The number of hydrogen-bond donors (Lipinski definition) is 1. The average molecular weight is 270 g/mol. The number of anilines is 1. The van der Waals surface area contributed by atoms with Crippen molar-refractivity contribution in [2.75, 3.05) is 19.1 Å². The molecule has 106 valence electrons. The summed E-state index contributed by atoms with van der Waals surface area (Å²) in [5.41, 5.74) is 10.4. The van der Waals surface area contributed by atoms with Gasteiger partial charge in [-0.1, -0.05) is 24.3 Å². The predicted octanol–water partition coefficient (Wildman–Crippen LogP) is 3.10. The molecule has 0 spiro atoms. The highest BCUT2D eigenvalue weighted by Crippen LogP contribution is 2.22. The molecule has 0 bridgehead atoms. The third-order valence-corrected chi connectivity index (χ3v) is 3.43. The SMILES string of the molecule is COc1cc(CN(C)c2cccc(C)c2)ccc1CN. The van der Waals surface area contributed by atoms with Crippen LogP contribution < -0.4 is 15.4 Å². The summed E-state index contributed by atoms with van der Waals surface area (Å²) in [6.45, 7) is 3.44. The number of nitrogens with two attached hydrogens (primary N) is 1. The topological polar surface area (TPSA) is 38.5 Å². The molecule has 0 heterocycles. The lowest BCUT2D eigenvalue weighted by molar-refractivity contribution is 0.409. The molecule has 0 fully saturated rings. The minimum absolute atomic E-state index is 0.497. The van der Waals surface area contributed by atoms with Gasteiger partial charge in [0.1, 0.15) is 5.75 Å². The summed E-state index contributed by atoms with van der Waals surface area (Å²) in [4.78, 5) is 2.23. The van der Waals surface area contributed by atoms with E-state index in [2.05, 4.69) is 55.3 Å². The van der Waals surface area contributed by atoms with Crippen molar-refractivity contribution in [3.05, 3.63) is 59.2 Å². The molecule has 20 heavy (non-hydrogen) atoms. The van der Waals surface area contributed by atoms with Gasteiger partial charge in [-0.15, -0.1) is 0 Å². The van der Waals surface area contributed by atoms with Gasteiger partial charge in [-0.25, -0.2) is 0 Å². The fraction of sp³-hybridized carbons (Fsp3) is 0.294. The molecule has 0 radical (unpaired) electrons. The second kappa shape index (κ2) is 6.44. The molecule has 2 rings (SSSR count). The molecule has 0 saturated heterocycles. The summed E-state index contributed by atoms with van der Waals surface area (Å²) < 4.78 is 5.38. The van der Waals surface area contributed by atoms with Crippen LogP contribution in [0.5, 0.6) is 5.75 Å². The molecule has 0 aliphatic carbocycles. The van der Waals surface area contributed by atoms with Crippen LogP contribution in [0.2, 0.25) is 0 Å². The molecule has 2 N–H and O–H groups in total. The first kappa shape index (κ1) is 14.4. The van der Waals surface area contributed by atoms with Gasteiger partial charge in [-0.2, -0.15) is 0 Å². The largest absolute Gasteiger partial charge is 0.496 e. The molecule has 3 nitrogen and oxygen atoms in total. The second-order valence-electron chi connectivity index (χ2n) is 5.05. The molecule has 2 aromatic carbocycles. The van der Waals surface area contributed by atoms with Gasteiger partial charge < -0.3 is 15.4 Å². The van der Waals surface area contributed by atoms with Crippen LogP contribution in [0.25, 0.3) is 0 Å². The van der Waals surface area contributed by atoms with Crippen molar-refractivity contribution in [1.82, 2.24) is 0 Å². The molecular formula is C17H22N2O. The van der Waals surface area contributed by atoms with Gasteiger partial charge >= 0.3 is 0 Å². The predicted molar refractivity (Wildman–Crippen MR) is 84.2 cm³/mol. The van der Waals surface area contributed by atoms with Crippen molar-refractivity contribution in [3.63, 3.8) is 0 Å². The van der Waals surface area contributed by atoms with Crippen LogP contribution in [-0.2, 0) is 13.1 Å². The van der Waals surface area contributed by atoms with E-state index in [0.717, 1.165) is 17.9 Å². The van der Waals surface area contributed by atoms with E-state index in [-0.39, 0.29) is 0 Å². The van der Waals surface area contributed by atoms with E-state index in [4.69, 9.17) is 10.5 Å². The van der Waals surface area contributed by atoms with Crippen LogP contribution in [0.1, 0.15) is 16.7 Å². The second-order valence-corrected chi connectivity index (χ2v) is 5.05. The number of nitrogens with zero attached hydrogens (tertiary/aromatic N) is 1. The maximum absolute atomic E-state index is 5.69. The lowest BCUT2D eigenvalue weighted by Gasteiger charge is -2.20. The first-order valence-electron chi connectivity index (χ1n) is 6.77.